The number of hydrogen-bond donors (Lipinski definition) is 1. The van der Waals surface area contributed by atoms with E-state index in [9.17, 15) is 4.79 Å². The molecule has 0 saturated carbocycles. The SMILES string of the molecule is COc1ccc(CNC(=O)c2ccc(-c3ccccc3Cl)o2)c(OC)c1. The maximum atomic E-state index is 12.4. The van der Waals surface area contributed by atoms with Crippen molar-refractivity contribution in [2.24, 2.45) is 0 Å². The van der Waals surface area contributed by atoms with Gasteiger partial charge in [0.25, 0.3) is 5.91 Å². The van der Waals surface area contributed by atoms with Crippen LogP contribution in [0.5, 0.6) is 11.5 Å². The number of carbonyl (C=O) groups excluding carboxylic acids is 1. The number of halogens is 1. The van der Waals surface area contributed by atoms with Crippen LogP contribution in [0.4, 0.5) is 0 Å². The molecule has 0 atom stereocenters. The molecule has 6 heteroatoms. The zero-order valence-corrected chi connectivity index (χ0v) is 15.2. The lowest BCUT2D eigenvalue weighted by atomic mass is 10.2. The van der Waals surface area contributed by atoms with Gasteiger partial charge in [-0.25, -0.2) is 0 Å². The fraction of sp³-hybridized carbons (Fsp3) is 0.150. The van der Waals surface area contributed by atoms with Gasteiger partial charge < -0.3 is 19.2 Å². The highest BCUT2D eigenvalue weighted by Gasteiger charge is 2.14. The molecule has 1 aromatic heterocycles. The summed E-state index contributed by atoms with van der Waals surface area (Å²) in [7, 11) is 3.16. The van der Waals surface area contributed by atoms with E-state index in [1.54, 1.807) is 38.5 Å². The molecular weight excluding hydrogens is 354 g/mol. The fourth-order valence-corrected chi connectivity index (χ4v) is 2.76. The number of furan rings is 1. The molecule has 3 aromatic rings. The number of methoxy groups -OCH3 is 2. The van der Waals surface area contributed by atoms with Gasteiger partial charge in [-0.15, -0.1) is 0 Å². The minimum atomic E-state index is -0.318. The number of ether oxygens (including phenoxy) is 2. The van der Waals surface area contributed by atoms with Crippen molar-refractivity contribution in [2.45, 2.75) is 6.54 Å². The molecule has 0 bridgehead atoms. The second-order valence-corrected chi connectivity index (χ2v) is 5.91. The first-order chi connectivity index (χ1) is 12.6. The number of nitrogens with one attached hydrogen (secondary N) is 1. The van der Waals surface area contributed by atoms with E-state index in [-0.39, 0.29) is 11.7 Å². The minimum absolute atomic E-state index is 0.215. The molecule has 0 aliphatic heterocycles. The number of carbonyl (C=O) groups is 1. The van der Waals surface area contributed by atoms with Gasteiger partial charge in [0.15, 0.2) is 5.76 Å². The van der Waals surface area contributed by atoms with E-state index in [1.165, 1.54) is 0 Å². The highest BCUT2D eigenvalue weighted by Crippen LogP contribution is 2.29. The summed E-state index contributed by atoms with van der Waals surface area (Å²) in [5.41, 5.74) is 1.57. The van der Waals surface area contributed by atoms with Crippen LogP contribution in [0.2, 0.25) is 5.02 Å². The summed E-state index contributed by atoms with van der Waals surface area (Å²) in [6.07, 6.45) is 0. The van der Waals surface area contributed by atoms with Crippen molar-refractivity contribution in [3.8, 4) is 22.8 Å². The predicted octanol–water partition coefficient (Wildman–Crippen LogP) is 4.55. The second-order valence-electron chi connectivity index (χ2n) is 5.50. The van der Waals surface area contributed by atoms with Gasteiger partial charge in [0.05, 0.1) is 19.2 Å². The molecule has 0 spiro atoms. The third-order valence-corrected chi connectivity index (χ3v) is 4.23. The smallest absolute Gasteiger partial charge is 0.287 e. The van der Waals surface area contributed by atoms with E-state index in [4.69, 9.17) is 25.5 Å². The first kappa shape index (κ1) is 17.9. The van der Waals surface area contributed by atoms with E-state index < -0.39 is 0 Å². The van der Waals surface area contributed by atoms with Crippen LogP contribution < -0.4 is 14.8 Å². The van der Waals surface area contributed by atoms with E-state index in [0.717, 1.165) is 11.1 Å². The standard InChI is InChI=1S/C20H18ClNO4/c1-24-14-8-7-13(19(11-14)25-2)12-22-20(23)18-10-9-17(26-18)15-5-3-4-6-16(15)21/h3-11H,12H2,1-2H3,(H,22,23). The molecule has 1 N–H and O–H groups in total. The van der Waals surface area contributed by atoms with Crippen molar-refractivity contribution in [3.63, 3.8) is 0 Å². The van der Waals surface area contributed by atoms with Gasteiger partial charge in [-0.1, -0.05) is 23.7 Å². The Morgan fingerprint density at radius 3 is 2.62 bits per heavy atom. The van der Waals surface area contributed by atoms with Crippen molar-refractivity contribution in [1.29, 1.82) is 0 Å². The molecule has 0 aliphatic carbocycles. The van der Waals surface area contributed by atoms with Crippen LogP contribution in [-0.4, -0.2) is 20.1 Å². The summed E-state index contributed by atoms with van der Waals surface area (Å²) in [4.78, 5) is 12.4. The Hall–Kier alpha value is -2.92. The predicted molar refractivity (Wildman–Crippen MR) is 99.9 cm³/mol. The summed E-state index contributed by atoms with van der Waals surface area (Å²) in [6.45, 7) is 0.300. The Bertz CT molecular complexity index is 920. The first-order valence-corrected chi connectivity index (χ1v) is 8.34. The van der Waals surface area contributed by atoms with Crippen molar-refractivity contribution >= 4 is 17.5 Å². The lowest BCUT2D eigenvalue weighted by Crippen LogP contribution is -2.22. The fourth-order valence-electron chi connectivity index (χ4n) is 2.53. The summed E-state index contributed by atoms with van der Waals surface area (Å²) in [5.74, 6) is 1.77. The molecular formula is C20H18ClNO4. The summed E-state index contributed by atoms with van der Waals surface area (Å²) in [5, 5.41) is 3.39. The molecule has 134 valence electrons. The average Bonchev–Trinajstić information content (AvgIpc) is 3.16. The molecule has 1 amide bonds. The van der Waals surface area contributed by atoms with Gasteiger partial charge in [-0.2, -0.15) is 0 Å². The Kier molecular flexibility index (Phi) is 5.49. The van der Waals surface area contributed by atoms with Gasteiger partial charge in [0, 0.05) is 23.7 Å². The Morgan fingerprint density at radius 1 is 1.08 bits per heavy atom. The summed E-state index contributed by atoms with van der Waals surface area (Å²) >= 11 is 6.16. The van der Waals surface area contributed by atoms with Gasteiger partial charge in [0.2, 0.25) is 0 Å². The van der Waals surface area contributed by atoms with Crippen molar-refractivity contribution in [3.05, 3.63) is 70.9 Å². The van der Waals surface area contributed by atoms with E-state index in [1.807, 2.05) is 30.3 Å². The van der Waals surface area contributed by atoms with Crippen LogP contribution >= 0.6 is 11.6 Å². The molecule has 0 fully saturated rings. The molecule has 26 heavy (non-hydrogen) atoms. The van der Waals surface area contributed by atoms with E-state index >= 15 is 0 Å². The Balaban J connectivity index is 1.71. The van der Waals surface area contributed by atoms with Crippen molar-refractivity contribution in [2.75, 3.05) is 14.2 Å². The second kappa shape index (κ2) is 7.97. The summed E-state index contributed by atoms with van der Waals surface area (Å²) in [6, 6.07) is 16.1. The van der Waals surface area contributed by atoms with E-state index in [0.29, 0.717) is 28.8 Å². The van der Waals surface area contributed by atoms with Crippen LogP contribution in [0.25, 0.3) is 11.3 Å². The molecule has 0 saturated heterocycles. The molecule has 2 aromatic carbocycles. The Morgan fingerprint density at radius 2 is 1.88 bits per heavy atom. The maximum absolute atomic E-state index is 12.4. The average molecular weight is 372 g/mol. The zero-order valence-electron chi connectivity index (χ0n) is 14.4. The van der Waals surface area contributed by atoms with Crippen molar-refractivity contribution < 1.29 is 18.7 Å². The van der Waals surface area contributed by atoms with Crippen LogP contribution in [-0.2, 0) is 6.54 Å². The lowest BCUT2D eigenvalue weighted by Gasteiger charge is -2.10. The third-order valence-electron chi connectivity index (χ3n) is 3.90. The van der Waals surface area contributed by atoms with Gasteiger partial charge in [-0.3, -0.25) is 4.79 Å². The van der Waals surface area contributed by atoms with Gasteiger partial charge >= 0.3 is 0 Å². The minimum Gasteiger partial charge on any atom is -0.497 e. The summed E-state index contributed by atoms with van der Waals surface area (Å²) < 4.78 is 16.1. The Labute approximate surface area is 156 Å². The molecule has 5 nitrogen and oxygen atoms in total. The molecule has 0 radical (unpaired) electrons. The topological polar surface area (TPSA) is 60.7 Å². The molecule has 3 rings (SSSR count). The van der Waals surface area contributed by atoms with Crippen LogP contribution in [0.1, 0.15) is 16.1 Å². The van der Waals surface area contributed by atoms with Crippen LogP contribution in [0.3, 0.4) is 0 Å². The van der Waals surface area contributed by atoms with E-state index in [2.05, 4.69) is 5.32 Å². The first-order valence-electron chi connectivity index (χ1n) is 7.96. The number of benzene rings is 2. The van der Waals surface area contributed by atoms with Gasteiger partial charge in [-0.05, 0) is 36.4 Å². The maximum Gasteiger partial charge on any atom is 0.287 e. The normalized spacial score (nSPS) is 10.4. The molecule has 0 aliphatic rings. The molecule has 1 heterocycles. The van der Waals surface area contributed by atoms with Gasteiger partial charge in [0.1, 0.15) is 17.3 Å². The largest absolute Gasteiger partial charge is 0.497 e. The van der Waals surface area contributed by atoms with Crippen LogP contribution in [0.15, 0.2) is 59.0 Å². The molecule has 0 unspecified atom stereocenters. The monoisotopic (exact) mass is 371 g/mol. The lowest BCUT2D eigenvalue weighted by molar-refractivity contribution is 0.0924. The highest BCUT2D eigenvalue weighted by molar-refractivity contribution is 6.33. The number of amides is 1. The van der Waals surface area contributed by atoms with Crippen molar-refractivity contribution in [1.82, 2.24) is 5.32 Å². The number of hydrogen-bond acceptors (Lipinski definition) is 4. The zero-order chi connectivity index (χ0) is 18.5. The number of rotatable bonds is 6. The van der Waals surface area contributed by atoms with Crippen LogP contribution in [0, 0.1) is 0 Å². The highest BCUT2D eigenvalue weighted by atomic mass is 35.5. The quantitative estimate of drug-likeness (QED) is 0.690. The third kappa shape index (κ3) is 3.83.